The molecule has 20 heavy (non-hydrogen) atoms. The predicted molar refractivity (Wildman–Crippen MR) is 84.6 cm³/mol. The van der Waals surface area contributed by atoms with Crippen molar-refractivity contribution in [2.24, 2.45) is 0 Å². The Bertz CT molecular complexity index is 514. The van der Waals surface area contributed by atoms with E-state index in [1.165, 1.54) is 0 Å². The van der Waals surface area contributed by atoms with Crippen LogP contribution in [0.1, 0.15) is 6.42 Å². The third-order valence-corrected chi connectivity index (χ3v) is 5.00. The minimum Gasteiger partial charge on any atom is -0.416 e. The Kier molecular flexibility index (Phi) is 5.45. The highest BCUT2D eigenvalue weighted by Crippen LogP contribution is 2.49. The van der Waals surface area contributed by atoms with E-state index in [1.807, 2.05) is 46.6 Å². The van der Waals surface area contributed by atoms with Gasteiger partial charge in [0.25, 0.3) is 0 Å². The van der Waals surface area contributed by atoms with E-state index in [2.05, 4.69) is 0 Å². The molecule has 105 valence electrons. The van der Waals surface area contributed by atoms with Crippen LogP contribution in [0, 0.1) is 0 Å². The van der Waals surface area contributed by atoms with Gasteiger partial charge in [-0.1, -0.05) is 42.4 Å². The highest BCUT2D eigenvalue weighted by molar-refractivity contribution is 7.54. The molecule has 0 saturated carbocycles. The molecule has 0 unspecified atom stereocenters. The van der Waals surface area contributed by atoms with Gasteiger partial charge in [0, 0.05) is 10.2 Å². The lowest BCUT2D eigenvalue weighted by atomic mass is 10.3. The molecular formula is C15H18O3PSi. The summed E-state index contributed by atoms with van der Waals surface area (Å²) in [6, 6.07) is 19.3. The lowest BCUT2D eigenvalue weighted by Crippen LogP contribution is -2.05. The normalized spacial score (nSPS) is 11.1. The molecule has 2 aromatic carbocycles. The molecule has 0 bridgehead atoms. The smallest absolute Gasteiger partial charge is 0.416 e. The largest absolute Gasteiger partial charge is 0.430 e. The zero-order chi connectivity index (χ0) is 14.3. The molecule has 0 aliphatic heterocycles. The van der Waals surface area contributed by atoms with Gasteiger partial charge >= 0.3 is 7.60 Å². The lowest BCUT2D eigenvalue weighted by molar-refractivity contribution is 0.385. The van der Waals surface area contributed by atoms with Crippen molar-refractivity contribution in [1.82, 2.24) is 0 Å². The molecule has 0 atom stereocenters. The summed E-state index contributed by atoms with van der Waals surface area (Å²) in [5.74, 6) is 1.15. The third-order valence-electron chi connectivity index (χ3n) is 2.66. The molecule has 5 heteroatoms. The lowest BCUT2D eigenvalue weighted by Gasteiger charge is -2.19. The fourth-order valence-electron chi connectivity index (χ4n) is 1.70. The van der Waals surface area contributed by atoms with Gasteiger partial charge in [-0.3, -0.25) is 0 Å². The van der Waals surface area contributed by atoms with E-state index in [1.54, 1.807) is 24.3 Å². The van der Waals surface area contributed by atoms with E-state index in [0.29, 0.717) is 17.7 Å². The van der Waals surface area contributed by atoms with Gasteiger partial charge in [0.2, 0.25) is 0 Å². The molecule has 0 aliphatic carbocycles. The van der Waals surface area contributed by atoms with E-state index in [0.717, 1.165) is 12.5 Å². The average molecular weight is 305 g/mol. The summed E-state index contributed by atoms with van der Waals surface area (Å²) in [5, 5.41) is 0. The van der Waals surface area contributed by atoms with Crippen molar-refractivity contribution in [2.45, 2.75) is 12.5 Å². The number of para-hydroxylation sites is 2. The summed E-state index contributed by atoms with van der Waals surface area (Å²) in [6.45, 7) is 0. The molecule has 0 amide bonds. The highest BCUT2D eigenvalue weighted by atomic mass is 31.2. The molecule has 0 aliphatic rings. The van der Waals surface area contributed by atoms with Gasteiger partial charge < -0.3 is 9.05 Å². The summed E-state index contributed by atoms with van der Waals surface area (Å²) in [6.07, 6.45) is 1.23. The van der Waals surface area contributed by atoms with E-state index >= 15 is 0 Å². The average Bonchev–Trinajstić information content (AvgIpc) is 2.47. The van der Waals surface area contributed by atoms with E-state index in [9.17, 15) is 4.57 Å². The second-order valence-electron chi connectivity index (χ2n) is 4.35. The monoisotopic (exact) mass is 305 g/mol. The van der Waals surface area contributed by atoms with Crippen molar-refractivity contribution >= 4 is 17.8 Å². The number of rotatable bonds is 7. The Hall–Kier alpha value is -1.51. The van der Waals surface area contributed by atoms with Crippen LogP contribution in [0.5, 0.6) is 11.5 Å². The molecular weight excluding hydrogens is 287 g/mol. The van der Waals surface area contributed by atoms with Gasteiger partial charge in [0.15, 0.2) is 0 Å². The van der Waals surface area contributed by atoms with Crippen molar-refractivity contribution in [2.75, 3.05) is 6.16 Å². The molecule has 2 rings (SSSR count). The van der Waals surface area contributed by atoms with Gasteiger partial charge in [0.05, 0.1) is 6.16 Å². The first-order valence-electron chi connectivity index (χ1n) is 6.59. The van der Waals surface area contributed by atoms with Gasteiger partial charge in [-0.25, -0.2) is 4.57 Å². The molecule has 0 spiro atoms. The number of hydrogen-bond donors (Lipinski definition) is 0. The van der Waals surface area contributed by atoms with Gasteiger partial charge in [-0.15, -0.1) is 0 Å². The Morgan fingerprint density at radius 3 is 1.70 bits per heavy atom. The molecule has 0 heterocycles. The summed E-state index contributed by atoms with van der Waals surface area (Å²) < 4.78 is 24.2. The van der Waals surface area contributed by atoms with Crippen LogP contribution in [0.25, 0.3) is 0 Å². The topological polar surface area (TPSA) is 35.5 Å². The van der Waals surface area contributed by atoms with Gasteiger partial charge in [-0.05, 0) is 30.7 Å². The molecule has 0 fully saturated rings. The maximum atomic E-state index is 12.9. The zero-order valence-corrected chi connectivity index (χ0v) is 13.6. The Morgan fingerprint density at radius 1 is 0.850 bits per heavy atom. The zero-order valence-electron chi connectivity index (χ0n) is 11.3. The molecule has 3 nitrogen and oxygen atoms in total. The standard InChI is InChI=1S/C15H18O3PSi/c16-19(12-7-13-20,17-14-8-3-1-4-9-14)18-15-10-5-2-6-11-15/h1-6,8-11H,7,12-13,20H2. The van der Waals surface area contributed by atoms with Crippen LogP contribution in [0.2, 0.25) is 6.04 Å². The molecule has 0 saturated heterocycles. The quantitative estimate of drug-likeness (QED) is 0.577. The molecule has 2 aromatic rings. The van der Waals surface area contributed by atoms with Crippen LogP contribution in [0.4, 0.5) is 0 Å². The first kappa shape index (κ1) is 14.9. The van der Waals surface area contributed by atoms with Crippen LogP contribution in [-0.4, -0.2) is 16.4 Å². The first-order chi connectivity index (χ1) is 9.72. The van der Waals surface area contributed by atoms with Gasteiger partial charge in [0.1, 0.15) is 11.5 Å². The summed E-state index contributed by atoms with van der Waals surface area (Å²) >= 11 is 0. The minimum absolute atomic E-state index is 0.417. The van der Waals surface area contributed by atoms with E-state index in [-0.39, 0.29) is 0 Å². The molecule has 0 aromatic heterocycles. The van der Waals surface area contributed by atoms with Crippen molar-refractivity contribution in [3.8, 4) is 11.5 Å². The van der Waals surface area contributed by atoms with Crippen LogP contribution in [0.3, 0.4) is 0 Å². The Labute approximate surface area is 122 Å². The van der Waals surface area contributed by atoms with Crippen molar-refractivity contribution < 1.29 is 13.6 Å². The maximum Gasteiger partial charge on any atom is 0.430 e. The summed E-state index contributed by atoms with van der Waals surface area (Å²) in [4.78, 5) is 0. The maximum absolute atomic E-state index is 12.9. The fraction of sp³-hybridized carbons (Fsp3) is 0.200. The number of benzene rings is 2. The van der Waals surface area contributed by atoms with Crippen LogP contribution >= 0.6 is 7.60 Å². The van der Waals surface area contributed by atoms with Crippen molar-refractivity contribution in [1.29, 1.82) is 0 Å². The van der Waals surface area contributed by atoms with E-state index in [4.69, 9.17) is 9.05 Å². The number of hydrogen-bond acceptors (Lipinski definition) is 3. The van der Waals surface area contributed by atoms with Crippen molar-refractivity contribution in [3.63, 3.8) is 0 Å². The van der Waals surface area contributed by atoms with Crippen LogP contribution < -0.4 is 9.05 Å². The second kappa shape index (κ2) is 7.32. The Morgan fingerprint density at radius 2 is 1.30 bits per heavy atom. The molecule has 0 N–H and O–H groups in total. The van der Waals surface area contributed by atoms with E-state index < -0.39 is 7.60 Å². The fourth-order valence-corrected chi connectivity index (χ4v) is 4.09. The van der Waals surface area contributed by atoms with Crippen molar-refractivity contribution in [3.05, 3.63) is 60.7 Å². The van der Waals surface area contributed by atoms with Gasteiger partial charge in [-0.2, -0.15) is 0 Å². The predicted octanol–water partition coefficient (Wildman–Crippen LogP) is 3.78. The Balaban J connectivity index is 2.15. The third kappa shape index (κ3) is 4.55. The summed E-state index contributed by atoms with van der Waals surface area (Å²) in [5.41, 5.74) is 0. The first-order valence-corrected chi connectivity index (χ1v) is 9.32. The SMILES string of the molecule is O=P(CCC[SiH2])(Oc1ccccc1)Oc1ccccc1. The summed E-state index contributed by atoms with van der Waals surface area (Å²) in [7, 11) is -1.32. The van der Waals surface area contributed by atoms with Crippen LogP contribution in [0.15, 0.2) is 60.7 Å². The van der Waals surface area contributed by atoms with Crippen LogP contribution in [-0.2, 0) is 4.57 Å². The molecule has 1 radical (unpaired) electrons. The minimum atomic E-state index is -3.18. The second-order valence-corrected chi connectivity index (χ2v) is 7.09. The highest BCUT2D eigenvalue weighted by Gasteiger charge is 2.27.